The zero-order chi connectivity index (χ0) is 35.8. The topological polar surface area (TPSA) is 141 Å². The lowest BCUT2D eigenvalue weighted by molar-refractivity contribution is -0.142. The van der Waals surface area contributed by atoms with Gasteiger partial charge in [-0.15, -0.1) is 6.42 Å². The Morgan fingerprint density at radius 2 is 1.63 bits per heavy atom. The van der Waals surface area contributed by atoms with Crippen LogP contribution < -0.4 is 15.4 Å². The molecule has 12 heteroatoms. The third-order valence-electron chi connectivity index (χ3n) is 8.79. The number of hydrogen-bond acceptors (Lipinski definition) is 8. The van der Waals surface area contributed by atoms with Gasteiger partial charge in [-0.1, -0.05) is 50.1 Å². The van der Waals surface area contributed by atoms with Crippen LogP contribution in [0.15, 0.2) is 54.6 Å². The van der Waals surface area contributed by atoms with Crippen LogP contribution in [0, 0.1) is 17.8 Å². The van der Waals surface area contributed by atoms with Crippen LogP contribution in [-0.2, 0) is 20.9 Å². The molecule has 2 fully saturated rings. The molecule has 2 aromatic rings. The second kappa shape index (κ2) is 16.2. The maximum Gasteiger partial charge on any atom is 0.413 e. The molecule has 3 N–H and O–H groups in total. The molecule has 0 radical (unpaired) electrons. The Bertz CT molecular complexity index is 1490. The van der Waals surface area contributed by atoms with E-state index in [0.29, 0.717) is 44.9 Å². The summed E-state index contributed by atoms with van der Waals surface area (Å²) < 4.78 is 11.0. The van der Waals surface area contributed by atoms with Crippen molar-refractivity contribution in [2.45, 2.75) is 77.8 Å². The van der Waals surface area contributed by atoms with Crippen molar-refractivity contribution < 1.29 is 33.8 Å². The lowest BCUT2D eigenvalue weighted by Gasteiger charge is -2.40. The van der Waals surface area contributed by atoms with E-state index in [-0.39, 0.29) is 25.6 Å². The van der Waals surface area contributed by atoms with Gasteiger partial charge in [0.2, 0.25) is 11.8 Å². The van der Waals surface area contributed by atoms with Crippen LogP contribution >= 0.6 is 0 Å². The lowest BCUT2D eigenvalue weighted by Crippen LogP contribution is -2.59. The maximum absolute atomic E-state index is 14.3. The minimum absolute atomic E-state index is 0.0532. The summed E-state index contributed by atoms with van der Waals surface area (Å²) in [5.41, 5.74) is 0.178. The van der Waals surface area contributed by atoms with Crippen LogP contribution in [0.5, 0.6) is 5.75 Å². The summed E-state index contributed by atoms with van der Waals surface area (Å²) in [4.78, 5) is 58.7. The Hall–Kier alpha value is -4.60. The number of carbonyl (C=O) groups excluding carboxylic acids is 4. The van der Waals surface area contributed by atoms with Crippen molar-refractivity contribution in [3.8, 4) is 18.1 Å². The molecule has 2 aliphatic heterocycles. The number of piperazine rings is 1. The summed E-state index contributed by atoms with van der Waals surface area (Å²) in [6.07, 6.45) is 3.96. The third-order valence-corrected chi connectivity index (χ3v) is 8.79. The smallest absolute Gasteiger partial charge is 0.413 e. The van der Waals surface area contributed by atoms with Crippen molar-refractivity contribution in [1.29, 1.82) is 0 Å². The zero-order valence-corrected chi connectivity index (χ0v) is 29.1. The molecule has 2 aromatic carbocycles. The van der Waals surface area contributed by atoms with Crippen molar-refractivity contribution in [1.82, 2.24) is 25.3 Å². The number of carbonyl (C=O) groups is 4. The zero-order valence-electron chi connectivity index (χ0n) is 29.1. The van der Waals surface area contributed by atoms with E-state index in [0.717, 1.165) is 11.1 Å². The quantitative estimate of drug-likeness (QED) is 0.326. The Labute approximate surface area is 289 Å². The van der Waals surface area contributed by atoms with Gasteiger partial charge in [-0.3, -0.25) is 14.5 Å². The van der Waals surface area contributed by atoms with Crippen LogP contribution in [0.3, 0.4) is 0 Å². The summed E-state index contributed by atoms with van der Waals surface area (Å²) >= 11 is 0. The number of nitrogens with zero attached hydrogens (tertiary/aromatic N) is 3. The highest BCUT2D eigenvalue weighted by atomic mass is 16.6. The second-order valence-electron chi connectivity index (χ2n) is 14.3. The molecule has 264 valence electrons. The minimum Gasteiger partial charge on any atom is -0.444 e. The molecule has 49 heavy (non-hydrogen) atoms. The van der Waals surface area contributed by atoms with Crippen molar-refractivity contribution in [3.63, 3.8) is 0 Å². The average molecular weight is 676 g/mol. The number of benzene rings is 2. The first kappa shape index (κ1) is 37.2. The van der Waals surface area contributed by atoms with Gasteiger partial charge in [0.15, 0.2) is 0 Å². The van der Waals surface area contributed by atoms with Gasteiger partial charge < -0.3 is 35.0 Å². The molecule has 0 saturated carbocycles. The fraction of sp³-hybridized carbons (Fsp3) is 0.514. The maximum atomic E-state index is 14.3. The highest BCUT2D eigenvalue weighted by molar-refractivity contribution is 5.92. The molecular weight excluding hydrogens is 626 g/mol. The molecule has 0 aliphatic carbocycles. The fourth-order valence-electron chi connectivity index (χ4n) is 5.90. The van der Waals surface area contributed by atoms with Crippen molar-refractivity contribution in [3.05, 3.63) is 65.7 Å². The summed E-state index contributed by atoms with van der Waals surface area (Å²) in [5, 5.41) is 16.3. The monoisotopic (exact) mass is 675 g/mol. The first-order valence-corrected chi connectivity index (χ1v) is 16.7. The Morgan fingerprint density at radius 1 is 0.980 bits per heavy atom. The number of nitrogens with one attached hydrogen (secondary N) is 2. The SMILES string of the molecule is C#Cc1ccc(CNC(=O)[C@@H]2C[C@@H](O)CN2C(=O)[C@@H](NC(=O)Oc2ccccc2)C(C)(C)CCN2CCN(C(=O)OC(C)(C)C)CC2)cc1. The lowest BCUT2D eigenvalue weighted by atomic mass is 9.80. The predicted octanol–water partition coefficient (Wildman–Crippen LogP) is 3.37. The highest BCUT2D eigenvalue weighted by Gasteiger charge is 2.46. The van der Waals surface area contributed by atoms with E-state index in [2.05, 4.69) is 21.5 Å². The van der Waals surface area contributed by atoms with Gasteiger partial charge >= 0.3 is 12.2 Å². The molecule has 4 amide bonds. The predicted molar refractivity (Wildman–Crippen MR) is 184 cm³/mol. The molecular formula is C37H49N5O7. The normalized spacial score (nSPS) is 19.0. The number of likely N-dealkylation sites (tertiary alicyclic amines) is 1. The van der Waals surface area contributed by atoms with Gasteiger partial charge in [-0.25, -0.2) is 9.59 Å². The van der Waals surface area contributed by atoms with Crippen LogP contribution in [-0.4, -0.2) is 107 Å². The summed E-state index contributed by atoms with van der Waals surface area (Å²) in [6, 6.07) is 13.7. The first-order valence-electron chi connectivity index (χ1n) is 16.7. The summed E-state index contributed by atoms with van der Waals surface area (Å²) in [7, 11) is 0. The fourth-order valence-corrected chi connectivity index (χ4v) is 5.90. The molecule has 4 rings (SSSR count). The van der Waals surface area contributed by atoms with Crippen LogP contribution in [0.25, 0.3) is 0 Å². The average Bonchev–Trinajstić information content (AvgIpc) is 3.46. The van der Waals surface area contributed by atoms with E-state index in [1.807, 2.05) is 46.8 Å². The molecule has 2 heterocycles. The molecule has 3 atom stereocenters. The second-order valence-corrected chi connectivity index (χ2v) is 14.3. The number of aliphatic hydroxyl groups excluding tert-OH is 1. The van der Waals surface area contributed by atoms with Gasteiger partial charge in [0.25, 0.3) is 0 Å². The van der Waals surface area contributed by atoms with E-state index in [1.165, 1.54) is 4.90 Å². The molecule has 0 unspecified atom stereocenters. The van der Waals surface area contributed by atoms with E-state index < -0.39 is 47.1 Å². The van der Waals surface area contributed by atoms with Crippen molar-refractivity contribution in [2.75, 3.05) is 39.3 Å². The number of hydrogen-bond donors (Lipinski definition) is 3. The number of β-amino-alcohol motifs (C(OH)–C–C–N with tert-alkyl or cyclic N) is 1. The number of para-hydroxylation sites is 1. The minimum atomic E-state index is -1.08. The van der Waals surface area contributed by atoms with Gasteiger partial charge in [0.05, 0.1) is 6.10 Å². The van der Waals surface area contributed by atoms with Crippen LogP contribution in [0.1, 0.15) is 58.6 Å². The van der Waals surface area contributed by atoms with E-state index in [4.69, 9.17) is 15.9 Å². The molecule has 0 bridgehead atoms. The van der Waals surface area contributed by atoms with Gasteiger partial charge in [0, 0.05) is 51.3 Å². The van der Waals surface area contributed by atoms with E-state index >= 15 is 0 Å². The van der Waals surface area contributed by atoms with Crippen molar-refractivity contribution >= 4 is 24.0 Å². The van der Waals surface area contributed by atoms with Gasteiger partial charge in [-0.05, 0) is 69.0 Å². The number of aliphatic hydroxyl groups is 1. The number of rotatable bonds is 10. The van der Waals surface area contributed by atoms with Gasteiger partial charge in [0.1, 0.15) is 23.4 Å². The Balaban J connectivity index is 1.45. The summed E-state index contributed by atoms with van der Waals surface area (Å²) in [6.45, 7) is 12.3. The van der Waals surface area contributed by atoms with E-state index in [9.17, 15) is 24.3 Å². The molecule has 0 aromatic heterocycles. The molecule has 12 nitrogen and oxygen atoms in total. The van der Waals surface area contributed by atoms with Crippen LogP contribution in [0.2, 0.25) is 0 Å². The first-order chi connectivity index (χ1) is 23.1. The molecule has 0 spiro atoms. The standard InChI is InChI=1S/C37H49N5O7/c1-7-26-13-15-27(16-14-26)24-38-32(44)30-23-28(43)25-42(30)33(45)31(39-34(46)48-29-11-9-8-10-12-29)37(5,6)17-18-40-19-21-41(22-20-40)35(47)49-36(2,3)4/h1,8-16,28,30-31,43H,17-25H2,2-6H3,(H,38,44)(H,39,46)/t28-,30+,31-/m1/s1. The highest BCUT2D eigenvalue weighted by Crippen LogP contribution is 2.31. The molecule has 2 saturated heterocycles. The Morgan fingerprint density at radius 3 is 2.24 bits per heavy atom. The molecule has 2 aliphatic rings. The van der Waals surface area contributed by atoms with Crippen LogP contribution in [0.4, 0.5) is 9.59 Å². The van der Waals surface area contributed by atoms with Gasteiger partial charge in [-0.2, -0.15) is 0 Å². The third kappa shape index (κ3) is 10.7. The summed E-state index contributed by atoms with van der Waals surface area (Å²) in [5.74, 6) is 1.98. The number of amides is 4. The Kier molecular flexibility index (Phi) is 12.3. The van der Waals surface area contributed by atoms with E-state index in [1.54, 1.807) is 47.4 Å². The number of terminal acetylenes is 1. The largest absolute Gasteiger partial charge is 0.444 e. The van der Waals surface area contributed by atoms with Crippen molar-refractivity contribution in [2.24, 2.45) is 5.41 Å². The number of ether oxygens (including phenoxy) is 2.